The molecule has 184 valence electrons. The van der Waals surface area contributed by atoms with E-state index in [1.165, 1.54) is 6.42 Å². The maximum absolute atomic E-state index is 12.3. The van der Waals surface area contributed by atoms with Gasteiger partial charge in [-0.05, 0) is 49.5 Å². The maximum Gasteiger partial charge on any atom is 0.367 e. The van der Waals surface area contributed by atoms with Crippen LogP contribution in [0.4, 0.5) is 5.69 Å². The Morgan fingerprint density at radius 2 is 1.59 bits per heavy atom. The molecule has 8 heteroatoms. The summed E-state index contributed by atoms with van der Waals surface area (Å²) in [6.45, 7) is 4.38. The first-order chi connectivity index (χ1) is 16.5. The number of rotatable bonds is 11. The highest BCUT2D eigenvalue weighted by Gasteiger charge is 2.32. The van der Waals surface area contributed by atoms with E-state index in [-0.39, 0.29) is 19.0 Å². The van der Waals surface area contributed by atoms with Gasteiger partial charge in [-0.25, -0.2) is 4.79 Å². The summed E-state index contributed by atoms with van der Waals surface area (Å²) in [5, 5.41) is 4.07. The van der Waals surface area contributed by atoms with Gasteiger partial charge in [0.25, 0.3) is 0 Å². The molecular formula is C26H34N2O6. The van der Waals surface area contributed by atoms with E-state index in [0.29, 0.717) is 24.5 Å². The number of benzene rings is 1. The summed E-state index contributed by atoms with van der Waals surface area (Å²) in [5.74, 6) is -0.982. The molecule has 2 aliphatic rings. The van der Waals surface area contributed by atoms with Crippen molar-refractivity contribution in [3.8, 4) is 0 Å². The topological polar surface area (TPSA) is 94.5 Å². The van der Waals surface area contributed by atoms with Gasteiger partial charge in [0, 0.05) is 11.6 Å². The van der Waals surface area contributed by atoms with E-state index in [1.807, 2.05) is 38.1 Å². The lowest BCUT2D eigenvalue weighted by atomic mass is 9.83. The Balaban J connectivity index is 1.75. The van der Waals surface area contributed by atoms with Crippen molar-refractivity contribution >= 4 is 35.4 Å². The quantitative estimate of drug-likeness (QED) is 0.271. The molecule has 0 bridgehead atoms. The molecule has 0 saturated heterocycles. The summed E-state index contributed by atoms with van der Waals surface area (Å²) in [5.41, 5.74) is 2.73. The first kappa shape index (κ1) is 25.5. The first-order valence-corrected chi connectivity index (χ1v) is 12.2. The fraction of sp³-hybridized carbons (Fsp3) is 0.538. The van der Waals surface area contributed by atoms with Crippen LogP contribution in [0, 0.1) is 5.92 Å². The Morgan fingerprint density at radius 1 is 1.00 bits per heavy atom. The zero-order valence-corrected chi connectivity index (χ0v) is 20.1. The summed E-state index contributed by atoms with van der Waals surface area (Å²) in [6, 6.07) is 7.30. The Bertz CT molecular complexity index is 894. The van der Waals surface area contributed by atoms with Crippen molar-refractivity contribution in [3.05, 3.63) is 35.4 Å². The van der Waals surface area contributed by atoms with Gasteiger partial charge in [0.15, 0.2) is 0 Å². The molecule has 0 amide bonds. The van der Waals surface area contributed by atoms with Crippen LogP contribution in [0.3, 0.4) is 0 Å². The lowest BCUT2D eigenvalue weighted by molar-refractivity contribution is -0.143. The van der Waals surface area contributed by atoms with E-state index >= 15 is 0 Å². The number of nitrogens with zero attached hydrogens (tertiary/aromatic N) is 2. The molecule has 1 saturated carbocycles. The number of esters is 2. The molecule has 3 rings (SSSR count). The molecule has 1 aromatic carbocycles. The predicted molar refractivity (Wildman–Crippen MR) is 129 cm³/mol. The van der Waals surface area contributed by atoms with Crippen LogP contribution in [-0.4, -0.2) is 49.9 Å². The smallest absolute Gasteiger partial charge is 0.367 e. The second kappa shape index (κ2) is 12.9. The van der Waals surface area contributed by atoms with Crippen LogP contribution in [0.2, 0.25) is 0 Å². The first-order valence-electron chi connectivity index (χ1n) is 12.2. The van der Waals surface area contributed by atoms with Crippen LogP contribution in [-0.2, 0) is 28.7 Å². The predicted octanol–water partition coefficient (Wildman–Crippen LogP) is 4.28. The largest absolute Gasteiger partial charge is 0.464 e. The molecule has 1 aromatic rings. The van der Waals surface area contributed by atoms with Crippen molar-refractivity contribution in [1.82, 2.24) is 0 Å². The summed E-state index contributed by atoms with van der Waals surface area (Å²) in [7, 11) is 0. The summed E-state index contributed by atoms with van der Waals surface area (Å²) in [4.78, 5) is 43.3. The van der Waals surface area contributed by atoms with Crippen LogP contribution in [0.1, 0.15) is 64.4 Å². The van der Waals surface area contributed by atoms with Gasteiger partial charge >= 0.3 is 17.9 Å². The molecule has 1 fully saturated rings. The van der Waals surface area contributed by atoms with E-state index < -0.39 is 17.9 Å². The van der Waals surface area contributed by atoms with Gasteiger partial charge in [0.05, 0.1) is 24.5 Å². The molecule has 1 heterocycles. The molecule has 0 unspecified atom stereocenters. The molecule has 0 aromatic heterocycles. The zero-order valence-electron chi connectivity index (χ0n) is 20.1. The van der Waals surface area contributed by atoms with Crippen molar-refractivity contribution in [1.29, 1.82) is 0 Å². The van der Waals surface area contributed by atoms with Crippen molar-refractivity contribution < 1.29 is 28.7 Å². The maximum atomic E-state index is 12.3. The lowest BCUT2D eigenvalue weighted by Gasteiger charge is -2.23. The number of anilines is 1. The van der Waals surface area contributed by atoms with Gasteiger partial charge < -0.3 is 19.2 Å². The highest BCUT2D eigenvalue weighted by Crippen LogP contribution is 2.31. The molecule has 0 N–H and O–H groups in total. The van der Waals surface area contributed by atoms with E-state index in [1.54, 1.807) is 11.0 Å². The van der Waals surface area contributed by atoms with Crippen LogP contribution in [0.5, 0.6) is 0 Å². The Kier molecular flexibility index (Phi) is 9.67. The lowest BCUT2D eigenvalue weighted by Crippen LogP contribution is -2.36. The minimum atomic E-state index is -0.427. The Hall–Kier alpha value is -3.16. The number of carbonyl (C=O) groups excluding carboxylic acids is 3. The Labute approximate surface area is 200 Å². The molecule has 0 spiro atoms. The molecule has 8 nitrogen and oxygen atoms in total. The standard InChI is InChI=1S/C26H34N2O6/c1-3-14-32-23(29)17-28(18-24(30)33-15-4-2)21-12-10-19(11-13-21)16-22-25(27-34-26(22)31)20-8-6-5-7-9-20/h10-13,16,20H,3-9,14-15,17-18H2,1-2H3/b22-16-. The van der Waals surface area contributed by atoms with Gasteiger partial charge in [-0.1, -0.05) is 50.4 Å². The third-order valence-electron chi connectivity index (χ3n) is 5.86. The van der Waals surface area contributed by atoms with E-state index in [9.17, 15) is 14.4 Å². The molecule has 0 radical (unpaired) electrons. The highest BCUT2D eigenvalue weighted by atomic mass is 16.7. The van der Waals surface area contributed by atoms with Gasteiger partial charge in [0.1, 0.15) is 13.1 Å². The molecule has 1 aliphatic carbocycles. The fourth-order valence-electron chi connectivity index (χ4n) is 4.12. The van der Waals surface area contributed by atoms with E-state index in [0.717, 1.165) is 49.8 Å². The normalized spacial score (nSPS) is 17.3. The average Bonchev–Trinajstić information content (AvgIpc) is 3.22. The highest BCUT2D eigenvalue weighted by molar-refractivity contribution is 6.25. The second-order valence-corrected chi connectivity index (χ2v) is 8.64. The molecular weight excluding hydrogens is 436 g/mol. The monoisotopic (exact) mass is 470 g/mol. The minimum Gasteiger partial charge on any atom is -0.464 e. The zero-order chi connectivity index (χ0) is 24.3. The molecule has 34 heavy (non-hydrogen) atoms. The third-order valence-corrected chi connectivity index (χ3v) is 5.86. The molecule has 1 aliphatic heterocycles. The van der Waals surface area contributed by atoms with Crippen molar-refractivity contribution in [2.75, 3.05) is 31.2 Å². The minimum absolute atomic E-state index is 0.0630. The number of hydrogen-bond donors (Lipinski definition) is 0. The number of hydrogen-bond acceptors (Lipinski definition) is 8. The SMILES string of the molecule is CCCOC(=O)CN(CC(=O)OCCC)c1ccc(/C=C2\C(=O)ON=C2C2CCCCC2)cc1. The molecule has 0 atom stereocenters. The van der Waals surface area contributed by atoms with Crippen molar-refractivity contribution in [3.63, 3.8) is 0 Å². The fourth-order valence-corrected chi connectivity index (χ4v) is 4.12. The van der Waals surface area contributed by atoms with E-state index in [4.69, 9.17) is 14.3 Å². The van der Waals surface area contributed by atoms with Crippen molar-refractivity contribution in [2.45, 2.75) is 58.8 Å². The van der Waals surface area contributed by atoms with Crippen LogP contribution >= 0.6 is 0 Å². The van der Waals surface area contributed by atoms with Crippen LogP contribution in [0.25, 0.3) is 6.08 Å². The van der Waals surface area contributed by atoms with E-state index in [2.05, 4.69) is 5.16 Å². The number of carbonyl (C=O) groups is 3. The second-order valence-electron chi connectivity index (χ2n) is 8.64. The van der Waals surface area contributed by atoms with Crippen LogP contribution in [0.15, 0.2) is 35.0 Å². The average molecular weight is 471 g/mol. The van der Waals surface area contributed by atoms with Crippen LogP contribution < -0.4 is 4.90 Å². The van der Waals surface area contributed by atoms with Crippen molar-refractivity contribution in [2.24, 2.45) is 11.1 Å². The summed E-state index contributed by atoms with van der Waals surface area (Å²) >= 11 is 0. The third kappa shape index (κ3) is 7.17. The van der Waals surface area contributed by atoms with Gasteiger partial charge in [-0.2, -0.15) is 0 Å². The summed E-state index contributed by atoms with van der Waals surface area (Å²) < 4.78 is 10.4. The number of ether oxygens (including phenoxy) is 2. The summed E-state index contributed by atoms with van der Waals surface area (Å²) in [6.07, 6.45) is 8.76. The van der Waals surface area contributed by atoms with Gasteiger partial charge in [-0.15, -0.1) is 0 Å². The van der Waals surface area contributed by atoms with Gasteiger partial charge in [-0.3, -0.25) is 9.59 Å². The van der Waals surface area contributed by atoms with Gasteiger partial charge in [0.2, 0.25) is 0 Å². The number of oxime groups is 1. The Morgan fingerprint density at radius 3 is 2.15 bits per heavy atom.